The van der Waals surface area contributed by atoms with Crippen LogP contribution in [0.25, 0.3) is 10.9 Å². The lowest BCUT2D eigenvalue weighted by Gasteiger charge is -2.15. The number of anilines is 2. The van der Waals surface area contributed by atoms with E-state index >= 15 is 0 Å². The van der Waals surface area contributed by atoms with Gasteiger partial charge in [-0.3, -0.25) is 9.78 Å². The first-order valence-electron chi connectivity index (χ1n) is 14.7. The number of ketones is 1. The van der Waals surface area contributed by atoms with Gasteiger partial charge in [0.1, 0.15) is 17.6 Å². The predicted molar refractivity (Wildman–Crippen MR) is 128 cm³/mol. The minimum atomic E-state index is -2.78. The maximum Gasteiger partial charge on any atom is 0.159 e. The molecule has 33 heavy (non-hydrogen) atoms. The molecule has 6 nitrogen and oxygen atoms in total. The lowest BCUT2D eigenvalue weighted by molar-refractivity contribution is -0.114. The van der Waals surface area contributed by atoms with Crippen LogP contribution in [0.3, 0.4) is 0 Å². The smallest absolute Gasteiger partial charge is 0.159 e. The fourth-order valence-electron chi connectivity index (χ4n) is 2.99. The first-order valence-corrected chi connectivity index (χ1v) is 9.71. The van der Waals surface area contributed by atoms with Gasteiger partial charge in [-0.15, -0.1) is 0 Å². The Morgan fingerprint density at radius 3 is 3.03 bits per heavy atom. The molecule has 0 atom stereocenters. The van der Waals surface area contributed by atoms with Crippen molar-refractivity contribution >= 4 is 28.1 Å². The Labute approximate surface area is 207 Å². The normalized spacial score (nSPS) is 16.8. The Morgan fingerprint density at radius 2 is 2.30 bits per heavy atom. The largest absolute Gasteiger partial charge is 0.494 e. The highest BCUT2D eigenvalue weighted by molar-refractivity contribution is 5.98. The number of fused-ring (bicyclic) bond motifs is 1. The van der Waals surface area contributed by atoms with Gasteiger partial charge in [0.15, 0.2) is 5.78 Å². The molecular formula is C26H27FN4O2. The van der Waals surface area contributed by atoms with Crippen LogP contribution in [0, 0.1) is 24.1 Å². The van der Waals surface area contributed by atoms with Crippen LogP contribution in [0.5, 0.6) is 5.75 Å². The molecule has 0 saturated carbocycles. The molecule has 0 aliphatic rings. The number of nitrogens with one attached hydrogen (secondary N) is 1. The second-order valence-corrected chi connectivity index (χ2v) is 6.92. The maximum atomic E-state index is 14.3. The third-order valence-electron chi connectivity index (χ3n) is 4.47. The van der Waals surface area contributed by atoms with Crippen molar-refractivity contribution in [3.05, 3.63) is 71.1 Å². The average Bonchev–Trinajstić information content (AvgIpc) is 2.90. The fourth-order valence-corrected chi connectivity index (χ4v) is 2.99. The summed E-state index contributed by atoms with van der Waals surface area (Å²) in [4.78, 5) is 17.6. The van der Waals surface area contributed by atoms with E-state index in [0.29, 0.717) is 4.90 Å². The molecule has 0 saturated heterocycles. The van der Waals surface area contributed by atoms with Gasteiger partial charge in [-0.1, -0.05) is 6.08 Å². The van der Waals surface area contributed by atoms with E-state index in [9.17, 15) is 14.4 Å². The quantitative estimate of drug-likeness (QED) is 0.460. The highest BCUT2D eigenvalue weighted by Gasteiger charge is 2.16. The van der Waals surface area contributed by atoms with E-state index in [1.54, 1.807) is 0 Å². The van der Waals surface area contributed by atoms with Crippen molar-refractivity contribution < 1.29 is 27.6 Å². The molecule has 0 spiro atoms. The van der Waals surface area contributed by atoms with E-state index in [1.165, 1.54) is 25.3 Å². The first kappa shape index (κ1) is 13.7. The molecule has 0 amide bonds. The molecule has 0 fully saturated rings. The molecule has 1 aromatic heterocycles. The van der Waals surface area contributed by atoms with Gasteiger partial charge in [-0.05, 0) is 63.7 Å². The highest BCUT2D eigenvalue weighted by atomic mass is 19.1. The van der Waals surface area contributed by atoms with Crippen LogP contribution >= 0.6 is 0 Å². The van der Waals surface area contributed by atoms with Gasteiger partial charge in [-0.2, -0.15) is 5.26 Å². The summed E-state index contributed by atoms with van der Waals surface area (Å²) in [5.41, 5.74) is -0.233. The number of halogens is 1. The summed E-state index contributed by atoms with van der Waals surface area (Å²) in [5.74, 6) is -1.82. The average molecular weight is 457 g/mol. The number of hydrogen-bond donors (Lipinski definition) is 1. The van der Waals surface area contributed by atoms with Crippen molar-refractivity contribution in [2.75, 3.05) is 32.4 Å². The Bertz CT molecular complexity index is 1630. The molecule has 3 rings (SSSR count). The SMILES string of the molecule is [2H]c1c([2H])c(Nc2c(C#N)cnc3cc(OC([2H])([2H])C)c(CC(=O)/C=C/C([2H])([2H])N(C)C([2H])([2H])[2H])cc23)c([2H])c(C)c1F. The van der Waals surface area contributed by atoms with Gasteiger partial charge in [0.25, 0.3) is 0 Å². The van der Waals surface area contributed by atoms with E-state index < -0.39 is 56.2 Å². The molecule has 0 aliphatic carbocycles. The van der Waals surface area contributed by atoms with Crippen molar-refractivity contribution in [2.24, 2.45) is 0 Å². The second-order valence-electron chi connectivity index (χ2n) is 6.92. The minimum Gasteiger partial charge on any atom is -0.494 e. The van der Waals surface area contributed by atoms with Crippen LogP contribution in [0.2, 0.25) is 0 Å². The zero-order chi connectivity index (χ0) is 32.7. The number of pyridine rings is 1. The molecule has 1 N–H and O–H groups in total. The van der Waals surface area contributed by atoms with Crippen molar-refractivity contribution in [2.45, 2.75) is 20.3 Å². The summed E-state index contributed by atoms with van der Waals surface area (Å²) in [7, 11) is 1.03. The van der Waals surface area contributed by atoms with E-state index in [-0.39, 0.29) is 44.7 Å². The number of rotatable bonds is 9. The second kappa shape index (κ2) is 10.7. The molecule has 170 valence electrons. The number of aromatic nitrogens is 1. The molecule has 0 radical (unpaired) electrons. The Hall–Kier alpha value is -3.76. The van der Waals surface area contributed by atoms with E-state index in [2.05, 4.69) is 10.3 Å². The zero-order valence-electron chi connectivity index (χ0n) is 28.1. The highest BCUT2D eigenvalue weighted by Crippen LogP contribution is 2.34. The minimum absolute atomic E-state index is 0.0193. The zero-order valence-corrected chi connectivity index (χ0v) is 18.1. The summed E-state index contributed by atoms with van der Waals surface area (Å²) >= 11 is 0. The molecule has 7 heteroatoms. The Kier molecular flexibility index (Phi) is 4.45. The van der Waals surface area contributed by atoms with Crippen LogP contribution in [0.4, 0.5) is 15.8 Å². The molecule has 0 bridgehead atoms. The van der Waals surface area contributed by atoms with E-state index in [1.807, 2.05) is 6.07 Å². The summed E-state index contributed by atoms with van der Waals surface area (Å²) < 4.78 is 98.0. The van der Waals surface area contributed by atoms with Crippen LogP contribution in [0.1, 0.15) is 37.3 Å². The van der Waals surface area contributed by atoms with E-state index in [4.69, 9.17) is 18.4 Å². The molecule has 0 unspecified atom stereocenters. The van der Waals surface area contributed by atoms with Crippen molar-refractivity contribution in [3.8, 4) is 11.8 Å². The van der Waals surface area contributed by atoms with Gasteiger partial charge in [0.2, 0.25) is 0 Å². The Morgan fingerprint density at radius 1 is 1.48 bits per heavy atom. The Balaban J connectivity index is 2.18. The summed E-state index contributed by atoms with van der Waals surface area (Å²) in [6.07, 6.45) is 2.35. The van der Waals surface area contributed by atoms with Gasteiger partial charge in [0, 0.05) is 48.7 Å². The molecule has 2 aromatic carbocycles. The third-order valence-corrected chi connectivity index (χ3v) is 4.47. The van der Waals surface area contributed by atoms with Crippen molar-refractivity contribution in [1.29, 1.82) is 5.26 Å². The fraction of sp³-hybridized carbons (Fsp3) is 0.269. The molecule has 0 aliphatic heterocycles. The van der Waals surface area contributed by atoms with Crippen LogP contribution in [0.15, 0.2) is 48.6 Å². The third kappa shape index (κ3) is 5.93. The summed E-state index contributed by atoms with van der Waals surface area (Å²) in [6, 6.07) is 2.82. The summed E-state index contributed by atoms with van der Waals surface area (Å²) in [5, 5.41) is 12.7. The van der Waals surface area contributed by atoms with Crippen LogP contribution in [-0.4, -0.2) is 42.7 Å². The van der Waals surface area contributed by atoms with Gasteiger partial charge >= 0.3 is 0 Å². The number of nitriles is 1. The number of allylic oxidation sites excluding steroid dienone is 1. The first-order chi connectivity index (χ1) is 19.7. The number of nitrogens with zero attached hydrogens (tertiary/aromatic N) is 3. The van der Waals surface area contributed by atoms with Crippen molar-refractivity contribution in [1.82, 2.24) is 9.88 Å². The lowest BCUT2D eigenvalue weighted by Crippen LogP contribution is -2.11. The topological polar surface area (TPSA) is 78.2 Å². The summed E-state index contributed by atoms with van der Waals surface area (Å²) in [6.45, 7) is -5.10. The number of carbonyl (C=O) groups excluding carboxylic acids is 1. The molecule has 3 aromatic rings. The number of benzene rings is 2. The monoisotopic (exact) mass is 456 g/mol. The molecule has 1 heterocycles. The number of carbonyl (C=O) groups is 1. The van der Waals surface area contributed by atoms with Gasteiger partial charge in [0.05, 0.1) is 30.2 Å². The molecular weight excluding hydrogens is 419 g/mol. The predicted octanol–water partition coefficient (Wildman–Crippen LogP) is 4.93. The van der Waals surface area contributed by atoms with E-state index in [0.717, 1.165) is 26.1 Å². The number of ether oxygens (including phenoxy) is 1. The number of likely N-dealkylation sites (N-methyl/N-ethyl adjacent to an activating group) is 1. The van der Waals surface area contributed by atoms with Gasteiger partial charge in [-0.25, -0.2) is 4.39 Å². The number of hydrogen-bond acceptors (Lipinski definition) is 6. The maximum absolute atomic E-state index is 14.3. The van der Waals surface area contributed by atoms with Crippen LogP contribution in [-0.2, 0) is 11.2 Å². The van der Waals surface area contributed by atoms with Gasteiger partial charge < -0.3 is 15.0 Å². The standard InChI is InChI=1S/C26H27FN4O2/c1-5-33-25-14-24-22(13-18(25)12-21(32)7-6-10-31(3)4)26(19(15-28)16-29-24)30-20-8-9-23(27)17(2)11-20/h6-9,11,13-14,16H,5,10,12H2,1-4H3,(H,29,30)/b7-6+/i3D3,5D2,8D,9D,10D2,11D. The van der Waals surface area contributed by atoms with Crippen molar-refractivity contribution in [3.63, 3.8) is 0 Å². The lowest BCUT2D eigenvalue weighted by atomic mass is 10.0. The van der Waals surface area contributed by atoms with Crippen LogP contribution < -0.4 is 10.1 Å².